The molecule has 0 amide bonds. The Morgan fingerprint density at radius 2 is 1.03 bits per heavy atom. The molecule has 0 radical (unpaired) electrons. The number of benzene rings is 2. The highest BCUT2D eigenvalue weighted by Crippen LogP contribution is 2.26. The van der Waals surface area contributed by atoms with E-state index in [1.54, 1.807) is 20.9 Å². The minimum atomic E-state index is -3.35. The summed E-state index contributed by atoms with van der Waals surface area (Å²) in [6.45, 7) is 7.59. The number of likely N-dealkylation sites (N-methyl/N-ethyl adjacent to an activating group) is 1. The molecule has 6 rings (SSSR count). The number of aryl methyl sites for hydroxylation is 2. The summed E-state index contributed by atoms with van der Waals surface area (Å²) in [5.74, 6) is -1.13. The smallest absolute Gasteiger partial charge is 0.314 e. The van der Waals surface area contributed by atoms with Crippen LogP contribution in [0.5, 0.6) is 0 Å². The van der Waals surface area contributed by atoms with E-state index in [9.17, 15) is 34.4 Å². The summed E-state index contributed by atoms with van der Waals surface area (Å²) < 4.78 is 112. The maximum absolute atomic E-state index is 12.6. The number of halogens is 4. The normalized spacial score (nSPS) is 13.0. The van der Waals surface area contributed by atoms with E-state index in [0.29, 0.717) is 35.6 Å². The Morgan fingerprint density at radius 3 is 1.41 bits per heavy atom. The van der Waals surface area contributed by atoms with Crippen molar-refractivity contribution >= 4 is 20.0 Å². The second-order valence-corrected chi connectivity index (χ2v) is 18.3. The molecule has 0 saturated carbocycles. The van der Waals surface area contributed by atoms with Gasteiger partial charge in [0.1, 0.15) is 11.6 Å². The van der Waals surface area contributed by atoms with Gasteiger partial charge in [0.2, 0.25) is 20.0 Å². The highest BCUT2D eigenvalue weighted by molar-refractivity contribution is 7.89. The fraction of sp³-hybridized carbons (Fsp3) is 0.385. The lowest BCUT2D eigenvalue weighted by Gasteiger charge is -2.23. The van der Waals surface area contributed by atoms with Crippen molar-refractivity contribution in [2.75, 3.05) is 31.6 Å². The first-order valence-corrected chi connectivity index (χ1v) is 22.1. The fourth-order valence-corrected chi connectivity index (χ4v) is 7.21. The molecule has 1 N–H and O–H groups in total. The van der Waals surface area contributed by atoms with Gasteiger partial charge in [-0.1, -0.05) is 59.7 Å². The summed E-state index contributed by atoms with van der Waals surface area (Å²) in [7, 11) is -5.14. The van der Waals surface area contributed by atoms with Crippen molar-refractivity contribution in [3.05, 3.63) is 119 Å². The molecule has 6 aromatic rings. The predicted octanol–water partition coefficient (Wildman–Crippen LogP) is 6.42. The molecular formula is C39H44F4N10O6S2. The van der Waals surface area contributed by atoms with E-state index in [1.807, 2.05) is 62.4 Å². The number of alkyl halides is 4. The van der Waals surface area contributed by atoms with Gasteiger partial charge < -0.3 is 8.83 Å². The minimum absolute atomic E-state index is 0.0103. The molecule has 0 fully saturated rings. The minimum Gasteiger partial charge on any atom is -0.415 e. The van der Waals surface area contributed by atoms with Crippen molar-refractivity contribution in [1.29, 1.82) is 0 Å². The second kappa shape index (κ2) is 20.8. The van der Waals surface area contributed by atoms with Gasteiger partial charge in [-0.25, -0.2) is 45.8 Å². The molecule has 2 unspecified atom stereocenters. The fourth-order valence-electron chi connectivity index (χ4n) is 5.71. The number of rotatable bonds is 18. The summed E-state index contributed by atoms with van der Waals surface area (Å²) in [6.07, 6.45) is 0.719. The molecule has 0 aliphatic rings. The SMILES string of the molecule is CCS(=O)(=O)N(C)CC(Cc1ncc(-c2nnc(C(F)F)o2)cn1)c1ccc(C)cc1.CCS(=O)(=O)NCC(Cc1ncc(-c2nnc(C(F)F)o2)cn1)c1ccc(C)cc1. The molecule has 0 saturated heterocycles. The van der Waals surface area contributed by atoms with Crippen molar-refractivity contribution in [2.24, 2.45) is 0 Å². The van der Waals surface area contributed by atoms with Gasteiger partial charge in [0.15, 0.2) is 0 Å². The number of sulfonamides is 2. The maximum Gasteiger partial charge on any atom is 0.314 e. The summed E-state index contributed by atoms with van der Waals surface area (Å²) in [5, 5.41) is 13.7. The zero-order chi connectivity index (χ0) is 44.3. The molecule has 16 nitrogen and oxygen atoms in total. The maximum atomic E-state index is 12.6. The number of hydrogen-bond acceptors (Lipinski definition) is 14. The lowest BCUT2D eigenvalue weighted by Crippen LogP contribution is -2.33. The van der Waals surface area contributed by atoms with Crippen LogP contribution in [0.15, 0.2) is 82.2 Å². The van der Waals surface area contributed by atoms with Gasteiger partial charge in [-0.2, -0.15) is 17.6 Å². The zero-order valence-electron chi connectivity index (χ0n) is 33.8. The number of nitrogens with zero attached hydrogens (tertiary/aromatic N) is 9. The third kappa shape index (κ3) is 13.2. The molecule has 0 aliphatic carbocycles. The monoisotopic (exact) mass is 888 g/mol. The van der Waals surface area contributed by atoms with Gasteiger partial charge in [0, 0.05) is 69.6 Å². The molecule has 4 aromatic heterocycles. The van der Waals surface area contributed by atoms with Gasteiger partial charge in [-0.05, 0) is 38.8 Å². The molecule has 4 heterocycles. The van der Waals surface area contributed by atoms with E-state index < -0.39 is 44.7 Å². The largest absolute Gasteiger partial charge is 0.415 e. The lowest BCUT2D eigenvalue weighted by atomic mass is 9.94. The van der Waals surface area contributed by atoms with E-state index in [2.05, 4.69) is 45.1 Å². The van der Waals surface area contributed by atoms with Crippen molar-refractivity contribution in [3.63, 3.8) is 0 Å². The number of aromatic nitrogens is 8. The Morgan fingerprint density at radius 1 is 0.623 bits per heavy atom. The Kier molecular flexibility index (Phi) is 15.8. The van der Waals surface area contributed by atoms with Crippen LogP contribution >= 0.6 is 0 Å². The van der Waals surface area contributed by atoms with E-state index >= 15 is 0 Å². The highest BCUT2D eigenvalue weighted by Gasteiger charge is 2.24. The van der Waals surface area contributed by atoms with Crippen LogP contribution in [0, 0.1) is 13.8 Å². The Balaban J connectivity index is 0.000000231. The second-order valence-electron chi connectivity index (χ2n) is 13.8. The van der Waals surface area contributed by atoms with Crippen molar-refractivity contribution in [3.8, 4) is 22.9 Å². The molecule has 326 valence electrons. The van der Waals surface area contributed by atoms with E-state index in [1.165, 1.54) is 29.1 Å². The van der Waals surface area contributed by atoms with Gasteiger partial charge in [0.25, 0.3) is 23.6 Å². The van der Waals surface area contributed by atoms with Crippen molar-refractivity contribution in [2.45, 2.75) is 65.2 Å². The third-order valence-electron chi connectivity index (χ3n) is 9.36. The predicted molar refractivity (Wildman–Crippen MR) is 215 cm³/mol. The Hall–Kier alpha value is -5.58. The zero-order valence-corrected chi connectivity index (χ0v) is 35.4. The Bertz CT molecular complexity index is 2530. The molecular weight excluding hydrogens is 845 g/mol. The standard InChI is InChI=1S/C20H23F2N5O3S.C19H21F2N5O3S/c1-4-31(28,29)27(3)12-15(14-7-5-13(2)6-8-14)9-17-23-10-16(11-24-17)19-25-26-20(30-19)18(21)22;1-3-30(27,28)24-11-14(13-6-4-12(2)5-7-13)8-16-22-9-15(10-23-16)18-25-26-19(29-18)17(20)21/h5-8,10-11,15,18H,4,9,12H2,1-3H3;4-7,9-10,14,17,24H,3,8,11H2,1-2H3. The first-order valence-electron chi connectivity index (χ1n) is 18.9. The van der Waals surface area contributed by atoms with Crippen LogP contribution in [0.2, 0.25) is 0 Å². The van der Waals surface area contributed by atoms with E-state index in [0.717, 1.165) is 22.3 Å². The van der Waals surface area contributed by atoms with Gasteiger partial charge in [-0.3, -0.25) is 0 Å². The highest BCUT2D eigenvalue weighted by atomic mass is 32.2. The summed E-state index contributed by atoms with van der Waals surface area (Å²) in [4.78, 5) is 17.1. The van der Waals surface area contributed by atoms with Crippen LogP contribution < -0.4 is 4.72 Å². The van der Waals surface area contributed by atoms with Crippen molar-refractivity contribution < 1.29 is 43.2 Å². The van der Waals surface area contributed by atoms with Crippen LogP contribution in [0.25, 0.3) is 22.9 Å². The average molecular weight is 889 g/mol. The van der Waals surface area contributed by atoms with Crippen LogP contribution in [0.4, 0.5) is 17.6 Å². The molecule has 0 bridgehead atoms. The first kappa shape index (κ1) is 46.5. The summed E-state index contributed by atoms with van der Waals surface area (Å²) >= 11 is 0. The molecule has 0 aliphatic heterocycles. The van der Waals surface area contributed by atoms with Crippen LogP contribution in [-0.2, 0) is 32.9 Å². The molecule has 2 atom stereocenters. The molecule has 61 heavy (non-hydrogen) atoms. The molecule has 0 spiro atoms. The van der Waals surface area contributed by atoms with Crippen LogP contribution in [0.1, 0.15) is 84.2 Å². The van der Waals surface area contributed by atoms with Crippen LogP contribution in [-0.4, -0.2) is 93.1 Å². The van der Waals surface area contributed by atoms with Gasteiger partial charge >= 0.3 is 12.9 Å². The van der Waals surface area contributed by atoms with Gasteiger partial charge in [-0.15, -0.1) is 20.4 Å². The lowest BCUT2D eigenvalue weighted by molar-refractivity contribution is 0.115. The number of hydrogen-bond donors (Lipinski definition) is 1. The van der Waals surface area contributed by atoms with E-state index in [-0.39, 0.29) is 48.2 Å². The van der Waals surface area contributed by atoms with E-state index in [4.69, 9.17) is 8.83 Å². The average Bonchev–Trinajstić information content (AvgIpc) is 3.96. The third-order valence-corrected chi connectivity index (χ3v) is 12.6. The first-order chi connectivity index (χ1) is 29.0. The van der Waals surface area contributed by atoms with Crippen molar-refractivity contribution in [1.82, 2.24) is 49.4 Å². The quantitative estimate of drug-likeness (QED) is 0.0923. The Labute approximate surface area is 350 Å². The van der Waals surface area contributed by atoms with Crippen LogP contribution in [0.3, 0.4) is 0 Å². The molecule has 2 aromatic carbocycles. The summed E-state index contributed by atoms with van der Waals surface area (Å²) in [5.41, 5.74) is 4.74. The number of nitrogens with one attached hydrogen (secondary N) is 1. The summed E-state index contributed by atoms with van der Waals surface area (Å²) in [6, 6.07) is 15.7. The molecule has 22 heteroatoms. The van der Waals surface area contributed by atoms with Gasteiger partial charge in [0.05, 0.1) is 22.6 Å². The topological polar surface area (TPSA) is 213 Å².